The van der Waals surface area contributed by atoms with Gasteiger partial charge in [-0.15, -0.1) is 5.16 Å². The first-order chi connectivity index (χ1) is 5.27. The molecule has 0 aliphatic heterocycles. The quantitative estimate of drug-likeness (QED) is 0.267. The average molecular weight is 159 g/mol. The molecule has 2 N–H and O–H groups in total. The lowest BCUT2D eigenvalue weighted by molar-refractivity contribution is -0.137. The minimum absolute atomic E-state index is 0.232. The van der Waals surface area contributed by atoms with Crippen molar-refractivity contribution in [1.82, 2.24) is 0 Å². The average Bonchev–Trinajstić information content (AvgIpc) is 1.96. The van der Waals surface area contributed by atoms with Gasteiger partial charge in [-0.1, -0.05) is 6.42 Å². The number of unbranched alkanes of at least 4 members (excludes halogenated alkanes) is 3. The largest absolute Gasteiger partial charge is 0.481 e. The Hall–Kier alpha value is -1.06. The molecule has 0 aliphatic rings. The van der Waals surface area contributed by atoms with Gasteiger partial charge in [-0.2, -0.15) is 0 Å². The van der Waals surface area contributed by atoms with Crippen molar-refractivity contribution in [2.24, 2.45) is 5.16 Å². The molecule has 0 rings (SSSR count). The summed E-state index contributed by atoms with van der Waals surface area (Å²) in [4.78, 5) is 10.0. The summed E-state index contributed by atoms with van der Waals surface area (Å²) in [5, 5.41) is 19.1. The van der Waals surface area contributed by atoms with Crippen LogP contribution in [0.1, 0.15) is 32.1 Å². The predicted molar refractivity (Wildman–Crippen MR) is 41.0 cm³/mol. The van der Waals surface area contributed by atoms with Crippen LogP contribution >= 0.6 is 0 Å². The third-order valence-electron chi connectivity index (χ3n) is 1.31. The van der Waals surface area contributed by atoms with E-state index in [1.165, 1.54) is 6.21 Å². The third kappa shape index (κ3) is 8.94. The summed E-state index contributed by atoms with van der Waals surface area (Å²) in [6.07, 6.45) is 4.83. The number of hydrogen-bond acceptors (Lipinski definition) is 3. The second-order valence-corrected chi connectivity index (χ2v) is 2.29. The maximum absolute atomic E-state index is 10.0. The molecular weight excluding hydrogens is 146 g/mol. The maximum atomic E-state index is 10.0. The van der Waals surface area contributed by atoms with Crippen LogP contribution in [0.2, 0.25) is 0 Å². The van der Waals surface area contributed by atoms with Crippen LogP contribution in [0.15, 0.2) is 5.16 Å². The Morgan fingerprint density at radius 1 is 1.36 bits per heavy atom. The van der Waals surface area contributed by atoms with Gasteiger partial charge in [0.25, 0.3) is 0 Å². The van der Waals surface area contributed by atoms with Crippen LogP contribution in [0.25, 0.3) is 0 Å². The Morgan fingerprint density at radius 2 is 2.09 bits per heavy atom. The smallest absolute Gasteiger partial charge is 0.303 e. The zero-order chi connectivity index (χ0) is 8.53. The summed E-state index contributed by atoms with van der Waals surface area (Å²) < 4.78 is 0. The summed E-state index contributed by atoms with van der Waals surface area (Å²) in [5.74, 6) is -0.749. The van der Waals surface area contributed by atoms with Gasteiger partial charge in [-0.25, -0.2) is 0 Å². The highest BCUT2D eigenvalue weighted by molar-refractivity contribution is 5.66. The van der Waals surface area contributed by atoms with Gasteiger partial charge in [0.15, 0.2) is 0 Å². The van der Waals surface area contributed by atoms with E-state index in [0.717, 1.165) is 19.3 Å². The van der Waals surface area contributed by atoms with E-state index < -0.39 is 5.97 Å². The van der Waals surface area contributed by atoms with E-state index in [9.17, 15) is 4.79 Å². The summed E-state index contributed by atoms with van der Waals surface area (Å²) >= 11 is 0. The van der Waals surface area contributed by atoms with Crippen LogP contribution in [0.4, 0.5) is 0 Å². The first-order valence-corrected chi connectivity index (χ1v) is 3.65. The minimum Gasteiger partial charge on any atom is -0.481 e. The van der Waals surface area contributed by atoms with Crippen LogP contribution in [0.3, 0.4) is 0 Å². The van der Waals surface area contributed by atoms with E-state index in [2.05, 4.69) is 5.16 Å². The second-order valence-electron chi connectivity index (χ2n) is 2.29. The van der Waals surface area contributed by atoms with Gasteiger partial charge in [-0.05, 0) is 19.3 Å². The zero-order valence-corrected chi connectivity index (χ0v) is 6.36. The highest BCUT2D eigenvalue weighted by atomic mass is 16.4. The van der Waals surface area contributed by atoms with Gasteiger partial charge in [-0.3, -0.25) is 4.79 Å². The number of aliphatic carboxylic acids is 1. The minimum atomic E-state index is -0.749. The second kappa shape index (κ2) is 7.05. The van der Waals surface area contributed by atoms with Crippen molar-refractivity contribution >= 4 is 12.2 Å². The number of nitrogens with zero attached hydrogens (tertiary/aromatic N) is 1. The monoisotopic (exact) mass is 159 g/mol. The number of hydrogen-bond donors (Lipinski definition) is 2. The first kappa shape index (κ1) is 9.94. The molecule has 0 radical (unpaired) electrons. The van der Waals surface area contributed by atoms with Crippen LogP contribution in [0, 0.1) is 0 Å². The molecule has 0 saturated carbocycles. The fraction of sp³-hybridized carbons (Fsp3) is 0.714. The van der Waals surface area contributed by atoms with Gasteiger partial charge in [0.2, 0.25) is 0 Å². The van der Waals surface area contributed by atoms with E-state index in [4.69, 9.17) is 10.3 Å². The molecule has 0 heterocycles. The molecular formula is C7H13NO3. The van der Waals surface area contributed by atoms with Crippen molar-refractivity contribution in [2.45, 2.75) is 32.1 Å². The molecule has 0 amide bonds. The standard InChI is InChI=1S/C7H13NO3/c9-7(10)5-3-1-2-4-6-8-11/h6,11H,1-5H2,(H,9,10). The molecule has 0 spiro atoms. The van der Waals surface area contributed by atoms with Gasteiger partial charge < -0.3 is 10.3 Å². The maximum Gasteiger partial charge on any atom is 0.303 e. The number of carbonyl (C=O) groups is 1. The molecule has 0 bridgehead atoms. The lowest BCUT2D eigenvalue weighted by atomic mass is 10.1. The SMILES string of the molecule is O=C(O)CCCCCC=NO. The Bertz CT molecular complexity index is 134. The van der Waals surface area contributed by atoms with Crippen molar-refractivity contribution in [3.8, 4) is 0 Å². The molecule has 64 valence electrons. The van der Waals surface area contributed by atoms with E-state index in [1.807, 2.05) is 0 Å². The van der Waals surface area contributed by atoms with Gasteiger partial charge in [0.05, 0.1) is 0 Å². The summed E-state index contributed by atoms with van der Waals surface area (Å²) in [6.45, 7) is 0. The van der Waals surface area contributed by atoms with Gasteiger partial charge in [0, 0.05) is 12.6 Å². The van der Waals surface area contributed by atoms with Gasteiger partial charge >= 0.3 is 5.97 Å². The molecule has 0 unspecified atom stereocenters. The Labute approximate surface area is 65.5 Å². The highest BCUT2D eigenvalue weighted by Gasteiger charge is 1.94. The molecule has 0 atom stereocenters. The molecule has 0 fully saturated rings. The molecule has 11 heavy (non-hydrogen) atoms. The normalized spacial score (nSPS) is 10.5. The molecule has 4 nitrogen and oxygen atoms in total. The van der Waals surface area contributed by atoms with Gasteiger partial charge in [0.1, 0.15) is 0 Å². The molecule has 0 aromatic carbocycles. The molecule has 0 aliphatic carbocycles. The predicted octanol–water partition coefficient (Wildman–Crippen LogP) is 1.48. The van der Waals surface area contributed by atoms with Crippen LogP contribution in [-0.4, -0.2) is 22.5 Å². The lowest BCUT2D eigenvalue weighted by Gasteiger charge is -1.93. The van der Waals surface area contributed by atoms with E-state index in [-0.39, 0.29) is 6.42 Å². The highest BCUT2D eigenvalue weighted by Crippen LogP contribution is 2.01. The van der Waals surface area contributed by atoms with Crippen LogP contribution in [0.5, 0.6) is 0 Å². The Balaban J connectivity index is 2.96. The number of carboxylic acids is 1. The van der Waals surface area contributed by atoms with Crippen molar-refractivity contribution < 1.29 is 15.1 Å². The van der Waals surface area contributed by atoms with E-state index in [0.29, 0.717) is 6.42 Å². The summed E-state index contributed by atoms with van der Waals surface area (Å²) in [6, 6.07) is 0. The van der Waals surface area contributed by atoms with E-state index in [1.54, 1.807) is 0 Å². The van der Waals surface area contributed by atoms with Crippen molar-refractivity contribution in [1.29, 1.82) is 0 Å². The number of carboxylic acid groups (broad SMARTS) is 1. The molecule has 4 heteroatoms. The third-order valence-corrected chi connectivity index (χ3v) is 1.31. The molecule has 0 aromatic heterocycles. The van der Waals surface area contributed by atoms with E-state index >= 15 is 0 Å². The van der Waals surface area contributed by atoms with Crippen LogP contribution < -0.4 is 0 Å². The summed E-state index contributed by atoms with van der Waals surface area (Å²) in [7, 11) is 0. The van der Waals surface area contributed by atoms with Crippen molar-refractivity contribution in [3.05, 3.63) is 0 Å². The van der Waals surface area contributed by atoms with Crippen molar-refractivity contribution in [3.63, 3.8) is 0 Å². The molecule has 0 aromatic rings. The fourth-order valence-corrected chi connectivity index (χ4v) is 0.746. The number of rotatable bonds is 6. The van der Waals surface area contributed by atoms with Crippen molar-refractivity contribution in [2.75, 3.05) is 0 Å². The lowest BCUT2D eigenvalue weighted by Crippen LogP contribution is -1.93. The fourth-order valence-electron chi connectivity index (χ4n) is 0.746. The van der Waals surface area contributed by atoms with Crippen LogP contribution in [-0.2, 0) is 4.79 Å². The molecule has 0 saturated heterocycles. The topological polar surface area (TPSA) is 69.9 Å². The number of oxime groups is 1. The Kier molecular flexibility index (Phi) is 6.37. The summed E-state index contributed by atoms with van der Waals surface area (Å²) in [5.41, 5.74) is 0. The Morgan fingerprint density at radius 3 is 2.64 bits per heavy atom. The zero-order valence-electron chi connectivity index (χ0n) is 6.36. The first-order valence-electron chi connectivity index (χ1n) is 3.65.